The lowest BCUT2D eigenvalue weighted by Gasteiger charge is -2.05. The smallest absolute Gasteiger partial charge is 0.255 e. The van der Waals surface area contributed by atoms with Crippen LogP contribution in [0, 0.1) is 6.92 Å². The van der Waals surface area contributed by atoms with E-state index < -0.39 is 5.91 Å². The van der Waals surface area contributed by atoms with Crippen molar-refractivity contribution in [1.29, 1.82) is 0 Å². The summed E-state index contributed by atoms with van der Waals surface area (Å²) in [6.45, 7) is 1.93. The van der Waals surface area contributed by atoms with Gasteiger partial charge < -0.3 is 14.8 Å². The van der Waals surface area contributed by atoms with Crippen molar-refractivity contribution in [2.24, 2.45) is 0 Å². The van der Waals surface area contributed by atoms with Gasteiger partial charge in [-0.25, -0.2) is 4.98 Å². The molecule has 0 aliphatic carbocycles. The number of hydrogen-bond donors (Lipinski definition) is 2. The minimum Gasteiger partial charge on any atom is -0.507 e. The molecule has 94 valence electrons. The number of hydrogen-bond acceptors (Lipinski definition) is 4. The Labute approximate surface area is 108 Å². The molecular formula is C12H11ClN2O3. The molecule has 0 fully saturated rings. The second-order valence-corrected chi connectivity index (χ2v) is 4.15. The molecule has 0 saturated heterocycles. The third-order valence-corrected chi connectivity index (χ3v) is 2.51. The van der Waals surface area contributed by atoms with Crippen LogP contribution >= 0.6 is 11.6 Å². The molecule has 2 rings (SSSR count). The van der Waals surface area contributed by atoms with Gasteiger partial charge in [0.05, 0.1) is 18.3 Å². The van der Waals surface area contributed by atoms with E-state index in [1.807, 2.05) is 0 Å². The Morgan fingerprint density at radius 2 is 2.33 bits per heavy atom. The molecule has 2 N–H and O–H groups in total. The van der Waals surface area contributed by atoms with E-state index in [0.717, 1.165) is 0 Å². The zero-order chi connectivity index (χ0) is 13.1. The van der Waals surface area contributed by atoms with Crippen LogP contribution in [0.4, 0.5) is 0 Å². The fourth-order valence-corrected chi connectivity index (χ4v) is 1.60. The number of phenols is 1. The highest BCUT2D eigenvalue weighted by Crippen LogP contribution is 2.21. The van der Waals surface area contributed by atoms with E-state index in [-0.39, 0.29) is 17.9 Å². The first kappa shape index (κ1) is 12.4. The maximum atomic E-state index is 11.8. The predicted octanol–water partition coefficient (Wildman–Crippen LogP) is 2.27. The standard InChI is InChI=1S/C12H11ClN2O3/c1-7-5-14-11(18-7)6-15-12(17)9-3-2-8(13)4-10(9)16/h2-5,16H,6H2,1H3,(H,15,17). The van der Waals surface area contributed by atoms with Crippen molar-refractivity contribution >= 4 is 17.5 Å². The van der Waals surface area contributed by atoms with E-state index in [0.29, 0.717) is 16.7 Å². The summed E-state index contributed by atoms with van der Waals surface area (Å²) in [5, 5.41) is 12.5. The summed E-state index contributed by atoms with van der Waals surface area (Å²) in [5.41, 5.74) is 0.155. The van der Waals surface area contributed by atoms with Crippen LogP contribution in [-0.4, -0.2) is 16.0 Å². The van der Waals surface area contributed by atoms with Gasteiger partial charge in [0.2, 0.25) is 5.89 Å². The van der Waals surface area contributed by atoms with Crippen molar-refractivity contribution in [1.82, 2.24) is 10.3 Å². The first-order chi connectivity index (χ1) is 8.56. The normalized spacial score (nSPS) is 10.3. The molecule has 0 bridgehead atoms. The van der Waals surface area contributed by atoms with Gasteiger partial charge >= 0.3 is 0 Å². The number of carbonyl (C=O) groups excluding carboxylic acids is 1. The highest BCUT2D eigenvalue weighted by molar-refractivity contribution is 6.30. The second-order valence-electron chi connectivity index (χ2n) is 3.71. The van der Waals surface area contributed by atoms with Crippen molar-refractivity contribution in [2.75, 3.05) is 0 Å². The molecule has 1 aromatic heterocycles. The molecule has 5 nitrogen and oxygen atoms in total. The zero-order valence-corrected chi connectivity index (χ0v) is 10.4. The predicted molar refractivity (Wildman–Crippen MR) is 65.5 cm³/mol. The lowest BCUT2D eigenvalue weighted by atomic mass is 10.2. The molecule has 0 unspecified atom stereocenters. The van der Waals surface area contributed by atoms with E-state index in [2.05, 4.69) is 10.3 Å². The van der Waals surface area contributed by atoms with E-state index in [1.54, 1.807) is 13.1 Å². The number of nitrogens with zero attached hydrogens (tertiary/aromatic N) is 1. The van der Waals surface area contributed by atoms with Crippen LogP contribution in [-0.2, 0) is 6.54 Å². The number of aryl methyl sites for hydroxylation is 1. The van der Waals surface area contributed by atoms with Gasteiger partial charge in [-0.1, -0.05) is 11.6 Å². The van der Waals surface area contributed by atoms with Crippen molar-refractivity contribution < 1.29 is 14.3 Å². The van der Waals surface area contributed by atoms with E-state index in [1.165, 1.54) is 18.2 Å². The maximum absolute atomic E-state index is 11.8. The highest BCUT2D eigenvalue weighted by atomic mass is 35.5. The van der Waals surface area contributed by atoms with Crippen LogP contribution < -0.4 is 5.32 Å². The largest absolute Gasteiger partial charge is 0.507 e. The first-order valence-corrected chi connectivity index (χ1v) is 5.62. The van der Waals surface area contributed by atoms with E-state index in [9.17, 15) is 9.90 Å². The van der Waals surface area contributed by atoms with E-state index in [4.69, 9.17) is 16.0 Å². The Morgan fingerprint density at radius 3 is 2.94 bits per heavy atom. The molecule has 18 heavy (non-hydrogen) atoms. The first-order valence-electron chi connectivity index (χ1n) is 5.24. The Bertz CT molecular complexity index is 580. The number of nitrogens with one attached hydrogen (secondary N) is 1. The summed E-state index contributed by atoms with van der Waals surface area (Å²) in [7, 11) is 0. The molecule has 0 atom stereocenters. The maximum Gasteiger partial charge on any atom is 0.255 e. The van der Waals surface area contributed by atoms with Gasteiger partial charge in [0, 0.05) is 5.02 Å². The molecule has 6 heteroatoms. The van der Waals surface area contributed by atoms with Crippen LogP contribution in [0.15, 0.2) is 28.8 Å². The SMILES string of the molecule is Cc1cnc(CNC(=O)c2ccc(Cl)cc2O)o1. The van der Waals surface area contributed by atoms with Gasteiger partial charge in [-0.05, 0) is 25.1 Å². The number of aromatic nitrogens is 1. The highest BCUT2D eigenvalue weighted by Gasteiger charge is 2.12. The average Bonchev–Trinajstić information content (AvgIpc) is 2.72. The minimum absolute atomic E-state index is 0.155. The molecule has 1 heterocycles. The topological polar surface area (TPSA) is 75.4 Å². The average molecular weight is 267 g/mol. The molecular weight excluding hydrogens is 256 g/mol. The number of oxazole rings is 1. The van der Waals surface area contributed by atoms with Gasteiger partial charge in [0.25, 0.3) is 5.91 Å². The van der Waals surface area contributed by atoms with Gasteiger partial charge in [-0.2, -0.15) is 0 Å². The van der Waals surface area contributed by atoms with Crippen molar-refractivity contribution in [3.8, 4) is 5.75 Å². The van der Waals surface area contributed by atoms with Gasteiger partial charge in [-0.15, -0.1) is 0 Å². The molecule has 0 spiro atoms. The van der Waals surface area contributed by atoms with Gasteiger partial charge in [0.1, 0.15) is 11.5 Å². The number of benzene rings is 1. The number of aromatic hydroxyl groups is 1. The Hall–Kier alpha value is -2.01. The summed E-state index contributed by atoms with van der Waals surface area (Å²) in [6, 6.07) is 4.30. The summed E-state index contributed by atoms with van der Waals surface area (Å²) in [4.78, 5) is 15.7. The third kappa shape index (κ3) is 2.81. The Kier molecular flexibility index (Phi) is 3.53. The Balaban J connectivity index is 2.03. The van der Waals surface area contributed by atoms with Crippen LogP contribution in [0.5, 0.6) is 5.75 Å². The molecule has 2 aromatic rings. The molecule has 0 aliphatic rings. The van der Waals surface area contributed by atoms with Crippen LogP contribution in [0.25, 0.3) is 0 Å². The fourth-order valence-electron chi connectivity index (χ4n) is 1.43. The van der Waals surface area contributed by atoms with Crippen LogP contribution in [0.3, 0.4) is 0 Å². The lowest BCUT2D eigenvalue weighted by Crippen LogP contribution is -2.23. The zero-order valence-electron chi connectivity index (χ0n) is 9.61. The molecule has 0 saturated carbocycles. The second kappa shape index (κ2) is 5.10. The lowest BCUT2D eigenvalue weighted by molar-refractivity contribution is 0.0944. The monoisotopic (exact) mass is 266 g/mol. The summed E-state index contributed by atoms with van der Waals surface area (Å²) in [6.07, 6.45) is 1.57. The number of halogens is 1. The molecule has 0 aliphatic heterocycles. The number of rotatable bonds is 3. The quantitative estimate of drug-likeness (QED) is 0.894. The molecule has 0 radical (unpaired) electrons. The minimum atomic E-state index is -0.417. The summed E-state index contributed by atoms with van der Waals surface area (Å²) < 4.78 is 5.21. The summed E-state index contributed by atoms with van der Waals surface area (Å²) in [5.74, 6) is 0.506. The van der Waals surface area contributed by atoms with E-state index >= 15 is 0 Å². The number of phenolic OH excluding ortho intramolecular Hbond substituents is 1. The third-order valence-electron chi connectivity index (χ3n) is 2.27. The van der Waals surface area contributed by atoms with Gasteiger partial charge in [0.15, 0.2) is 0 Å². The number of carbonyl (C=O) groups is 1. The van der Waals surface area contributed by atoms with Crippen molar-refractivity contribution in [3.63, 3.8) is 0 Å². The van der Waals surface area contributed by atoms with Crippen LogP contribution in [0.1, 0.15) is 22.0 Å². The number of amides is 1. The summed E-state index contributed by atoms with van der Waals surface area (Å²) >= 11 is 5.68. The van der Waals surface area contributed by atoms with Crippen molar-refractivity contribution in [2.45, 2.75) is 13.5 Å². The Morgan fingerprint density at radius 1 is 1.56 bits per heavy atom. The fraction of sp³-hybridized carbons (Fsp3) is 0.167. The van der Waals surface area contributed by atoms with Crippen molar-refractivity contribution in [3.05, 3.63) is 46.6 Å². The molecule has 1 aromatic carbocycles. The van der Waals surface area contributed by atoms with Gasteiger partial charge in [-0.3, -0.25) is 4.79 Å². The molecule has 1 amide bonds. The van der Waals surface area contributed by atoms with Crippen LogP contribution in [0.2, 0.25) is 5.02 Å².